The molecule has 32 heavy (non-hydrogen) atoms. The van der Waals surface area contributed by atoms with E-state index in [1.165, 1.54) is 5.56 Å². The molecule has 0 radical (unpaired) electrons. The zero-order valence-corrected chi connectivity index (χ0v) is 18.9. The highest BCUT2D eigenvalue weighted by Gasteiger charge is 2.23. The van der Waals surface area contributed by atoms with Crippen LogP contribution in [-0.4, -0.2) is 17.7 Å². The summed E-state index contributed by atoms with van der Waals surface area (Å²) in [6, 6.07) is 14.7. The first-order valence-electron chi connectivity index (χ1n) is 11.8. The molecule has 0 bridgehead atoms. The van der Waals surface area contributed by atoms with Gasteiger partial charge in [-0.25, -0.2) is 8.78 Å². The second-order valence-corrected chi connectivity index (χ2v) is 8.73. The van der Waals surface area contributed by atoms with E-state index in [4.69, 9.17) is 4.74 Å². The Kier molecular flexibility index (Phi) is 7.31. The molecule has 168 valence electrons. The maximum atomic E-state index is 15.0. The highest BCUT2D eigenvalue weighted by molar-refractivity contribution is 5.70. The van der Waals surface area contributed by atoms with Crippen LogP contribution in [0, 0.1) is 11.6 Å². The molecule has 1 aliphatic heterocycles. The quantitative estimate of drug-likeness (QED) is 0.379. The molecule has 4 heteroatoms. The summed E-state index contributed by atoms with van der Waals surface area (Å²) < 4.78 is 35.9. The molecule has 4 rings (SSSR count). The van der Waals surface area contributed by atoms with Crippen molar-refractivity contribution in [3.63, 3.8) is 0 Å². The Morgan fingerprint density at radius 2 is 1.62 bits per heavy atom. The van der Waals surface area contributed by atoms with Gasteiger partial charge in [0.15, 0.2) is 11.6 Å². The van der Waals surface area contributed by atoms with E-state index < -0.39 is 11.6 Å². The number of aryl methyl sites for hydroxylation is 1. The van der Waals surface area contributed by atoms with Gasteiger partial charge in [-0.3, -0.25) is 4.98 Å². The Balaban J connectivity index is 1.51. The molecule has 0 spiro atoms. The predicted molar refractivity (Wildman–Crippen MR) is 126 cm³/mol. The zero-order chi connectivity index (χ0) is 22.5. The van der Waals surface area contributed by atoms with Gasteiger partial charge in [-0.15, -0.1) is 0 Å². The molecule has 2 atom stereocenters. The summed E-state index contributed by atoms with van der Waals surface area (Å²) in [4.78, 5) is 4.33. The third-order valence-electron chi connectivity index (χ3n) is 6.40. The van der Waals surface area contributed by atoms with Crippen molar-refractivity contribution in [1.82, 2.24) is 4.98 Å². The molecule has 2 nitrogen and oxygen atoms in total. The molecule has 1 aromatic heterocycles. The standard InChI is InChI=1S/C28H31F2NO/c1-3-5-19-7-16-26(31-17-19)25-15-14-24(27(29)28(25)30)21-10-8-20(9-11-21)22-12-13-23(6-4-2)32-18-22/h7-11,14-17,22-23H,3-6,12-13,18H2,1-2H3. The third kappa shape index (κ3) is 4.91. The molecule has 1 saturated heterocycles. The van der Waals surface area contributed by atoms with Crippen LogP contribution in [0.5, 0.6) is 0 Å². The van der Waals surface area contributed by atoms with Crippen molar-refractivity contribution in [3.8, 4) is 22.4 Å². The van der Waals surface area contributed by atoms with Gasteiger partial charge in [-0.05, 0) is 54.5 Å². The maximum Gasteiger partial charge on any atom is 0.168 e. The smallest absolute Gasteiger partial charge is 0.168 e. The summed E-state index contributed by atoms with van der Waals surface area (Å²) in [5.74, 6) is -1.33. The SMILES string of the molecule is CCCc1ccc(-c2ccc(-c3ccc(C4CCC(CCC)OC4)cc3)c(F)c2F)nc1. The second-order valence-electron chi connectivity index (χ2n) is 8.73. The predicted octanol–water partition coefficient (Wildman–Crippen LogP) is 7.71. The van der Waals surface area contributed by atoms with Gasteiger partial charge in [-0.2, -0.15) is 0 Å². The Labute approximate surface area is 189 Å². The van der Waals surface area contributed by atoms with Crippen LogP contribution in [0.4, 0.5) is 8.78 Å². The first-order chi connectivity index (χ1) is 15.6. The minimum absolute atomic E-state index is 0.187. The van der Waals surface area contributed by atoms with E-state index in [9.17, 15) is 8.78 Å². The number of nitrogens with zero attached hydrogens (tertiary/aromatic N) is 1. The van der Waals surface area contributed by atoms with Gasteiger partial charge in [0.1, 0.15) is 0 Å². The van der Waals surface area contributed by atoms with Gasteiger partial charge < -0.3 is 4.74 Å². The largest absolute Gasteiger partial charge is 0.378 e. The molecule has 3 aromatic rings. The average Bonchev–Trinajstić information content (AvgIpc) is 2.83. The lowest BCUT2D eigenvalue weighted by Crippen LogP contribution is -2.24. The van der Waals surface area contributed by atoms with E-state index in [1.807, 2.05) is 30.3 Å². The lowest BCUT2D eigenvalue weighted by Gasteiger charge is -2.29. The summed E-state index contributed by atoms with van der Waals surface area (Å²) in [5.41, 5.74) is 3.86. The molecule has 0 aliphatic carbocycles. The van der Waals surface area contributed by atoms with E-state index >= 15 is 0 Å². The topological polar surface area (TPSA) is 22.1 Å². The Hall–Kier alpha value is -2.59. The molecule has 0 saturated carbocycles. The Bertz CT molecular complexity index is 1020. The number of benzene rings is 2. The molecule has 2 unspecified atom stereocenters. The average molecular weight is 436 g/mol. The van der Waals surface area contributed by atoms with Gasteiger partial charge in [0, 0.05) is 23.2 Å². The molecule has 0 amide bonds. The summed E-state index contributed by atoms with van der Waals surface area (Å²) in [6.07, 6.45) is 8.50. The fourth-order valence-electron chi connectivity index (χ4n) is 4.54. The Morgan fingerprint density at radius 3 is 2.25 bits per heavy atom. The molecule has 2 heterocycles. The van der Waals surface area contributed by atoms with Gasteiger partial charge in [0.25, 0.3) is 0 Å². The van der Waals surface area contributed by atoms with E-state index in [0.29, 0.717) is 23.3 Å². The van der Waals surface area contributed by atoms with Crippen molar-refractivity contribution >= 4 is 0 Å². The van der Waals surface area contributed by atoms with Crippen molar-refractivity contribution in [3.05, 3.63) is 77.5 Å². The summed E-state index contributed by atoms with van der Waals surface area (Å²) in [5, 5.41) is 0. The van der Waals surface area contributed by atoms with Crippen LogP contribution in [0.25, 0.3) is 22.4 Å². The molecule has 1 fully saturated rings. The number of ether oxygens (including phenoxy) is 1. The van der Waals surface area contributed by atoms with Crippen molar-refractivity contribution in [2.45, 2.75) is 64.4 Å². The maximum absolute atomic E-state index is 15.0. The van der Waals surface area contributed by atoms with Crippen LogP contribution in [0.1, 0.15) is 63.0 Å². The second kappa shape index (κ2) is 10.4. The van der Waals surface area contributed by atoms with E-state index in [1.54, 1.807) is 24.4 Å². The number of hydrogen-bond acceptors (Lipinski definition) is 2. The van der Waals surface area contributed by atoms with Crippen LogP contribution in [-0.2, 0) is 11.2 Å². The lowest BCUT2D eigenvalue weighted by atomic mass is 9.89. The first kappa shape index (κ1) is 22.6. The van der Waals surface area contributed by atoms with Gasteiger partial charge in [0.2, 0.25) is 0 Å². The van der Waals surface area contributed by atoms with Crippen LogP contribution in [0.15, 0.2) is 54.7 Å². The van der Waals surface area contributed by atoms with Gasteiger partial charge in [-0.1, -0.05) is 63.1 Å². The third-order valence-corrected chi connectivity index (χ3v) is 6.40. The van der Waals surface area contributed by atoms with Crippen LogP contribution in [0.2, 0.25) is 0 Å². The monoisotopic (exact) mass is 435 g/mol. The first-order valence-corrected chi connectivity index (χ1v) is 11.8. The van der Waals surface area contributed by atoms with E-state index in [2.05, 4.69) is 18.8 Å². The van der Waals surface area contributed by atoms with E-state index in [0.717, 1.165) is 50.7 Å². The highest BCUT2D eigenvalue weighted by Crippen LogP contribution is 2.34. The number of aromatic nitrogens is 1. The van der Waals surface area contributed by atoms with Crippen molar-refractivity contribution in [1.29, 1.82) is 0 Å². The molecular formula is C28H31F2NO. The van der Waals surface area contributed by atoms with Crippen LogP contribution < -0.4 is 0 Å². The lowest BCUT2D eigenvalue weighted by molar-refractivity contribution is -0.00111. The number of pyridine rings is 1. The summed E-state index contributed by atoms with van der Waals surface area (Å²) >= 11 is 0. The minimum Gasteiger partial charge on any atom is -0.378 e. The van der Waals surface area contributed by atoms with Crippen molar-refractivity contribution in [2.75, 3.05) is 6.61 Å². The summed E-state index contributed by atoms with van der Waals surface area (Å²) in [6.45, 7) is 5.01. The highest BCUT2D eigenvalue weighted by atomic mass is 19.2. The number of hydrogen-bond donors (Lipinski definition) is 0. The van der Waals surface area contributed by atoms with Crippen molar-refractivity contribution < 1.29 is 13.5 Å². The van der Waals surface area contributed by atoms with Gasteiger partial charge in [0.05, 0.1) is 18.4 Å². The van der Waals surface area contributed by atoms with Gasteiger partial charge >= 0.3 is 0 Å². The number of rotatable bonds is 7. The zero-order valence-electron chi connectivity index (χ0n) is 18.9. The number of halogens is 2. The van der Waals surface area contributed by atoms with Crippen LogP contribution in [0.3, 0.4) is 0 Å². The fourth-order valence-corrected chi connectivity index (χ4v) is 4.54. The molecule has 1 aliphatic rings. The summed E-state index contributed by atoms with van der Waals surface area (Å²) in [7, 11) is 0. The minimum atomic E-state index is -0.857. The van der Waals surface area contributed by atoms with Crippen LogP contribution >= 0.6 is 0 Å². The Morgan fingerprint density at radius 1 is 0.875 bits per heavy atom. The normalized spacial score (nSPS) is 18.6. The molecule has 2 aromatic carbocycles. The van der Waals surface area contributed by atoms with E-state index in [-0.39, 0.29) is 11.1 Å². The molecular weight excluding hydrogens is 404 g/mol. The fraction of sp³-hybridized carbons (Fsp3) is 0.393. The van der Waals surface area contributed by atoms with Crippen molar-refractivity contribution in [2.24, 2.45) is 0 Å². The molecule has 0 N–H and O–H groups in total.